The second-order valence-corrected chi connectivity index (χ2v) is 14.7. The Morgan fingerprint density at radius 2 is 1.61 bits per heavy atom. The lowest BCUT2D eigenvalue weighted by Gasteiger charge is -2.45. The lowest BCUT2D eigenvalue weighted by atomic mass is 9.93. The van der Waals surface area contributed by atoms with E-state index in [9.17, 15) is 19.5 Å². The number of carbonyl (C=O) groups excluding carboxylic acids is 3. The van der Waals surface area contributed by atoms with Gasteiger partial charge in [0.15, 0.2) is 11.9 Å². The van der Waals surface area contributed by atoms with Gasteiger partial charge in [-0.2, -0.15) is 0 Å². The highest BCUT2D eigenvalue weighted by Crippen LogP contribution is 2.31. The van der Waals surface area contributed by atoms with Crippen molar-refractivity contribution in [2.24, 2.45) is 5.41 Å². The molecule has 10 heteroatoms. The van der Waals surface area contributed by atoms with Gasteiger partial charge in [-0.05, 0) is 38.5 Å². The van der Waals surface area contributed by atoms with E-state index in [-0.39, 0.29) is 23.8 Å². The van der Waals surface area contributed by atoms with Gasteiger partial charge in [0.2, 0.25) is 5.91 Å². The number of methoxy groups -OCH3 is 1. The number of carbonyl (C=O) groups is 3. The monoisotopic (exact) mass is 652 g/mol. The number of amides is 2. The molecule has 6 atom stereocenters. The second-order valence-electron chi connectivity index (χ2n) is 14.7. The number of unbranched alkanes of at least 4 members (excludes halogenated alkanes) is 10. The maximum Gasteiger partial charge on any atom is 0.306 e. The molecule has 46 heavy (non-hydrogen) atoms. The van der Waals surface area contributed by atoms with Crippen LogP contribution in [0.1, 0.15) is 131 Å². The Labute approximate surface area is 278 Å². The Morgan fingerprint density at radius 1 is 1.02 bits per heavy atom. The number of rotatable bonds is 18. The fourth-order valence-electron chi connectivity index (χ4n) is 6.07. The largest absolute Gasteiger partial charge is 0.460 e. The van der Waals surface area contributed by atoms with Crippen LogP contribution in [0.25, 0.3) is 0 Å². The number of hydrogen-bond acceptors (Lipinski definition) is 8. The zero-order valence-corrected chi connectivity index (χ0v) is 30.0. The molecule has 2 N–H and O–H groups in total. The topological polar surface area (TPSA) is 124 Å². The Kier molecular flexibility index (Phi) is 17.2. The molecule has 2 amide bonds. The summed E-state index contributed by atoms with van der Waals surface area (Å²) in [7, 11) is 3.01. The van der Waals surface area contributed by atoms with Crippen LogP contribution in [-0.2, 0) is 33.3 Å². The van der Waals surface area contributed by atoms with Gasteiger partial charge in [0.25, 0.3) is 5.91 Å². The summed E-state index contributed by atoms with van der Waals surface area (Å²) in [5.41, 5.74) is -0.135. The number of hydrogen-bond donors (Lipinski definition) is 2. The molecule has 2 fully saturated rings. The molecule has 0 aliphatic carbocycles. The first-order valence-corrected chi connectivity index (χ1v) is 17.7. The Bertz CT molecular complexity index is 962. The minimum absolute atomic E-state index is 0.135. The molecule has 10 nitrogen and oxygen atoms in total. The zero-order chi connectivity index (χ0) is 34.3. The van der Waals surface area contributed by atoms with E-state index in [0.717, 1.165) is 19.3 Å². The van der Waals surface area contributed by atoms with E-state index in [2.05, 4.69) is 12.2 Å². The molecule has 0 aromatic heterocycles. The summed E-state index contributed by atoms with van der Waals surface area (Å²) in [6.45, 7) is 12.1. The SMILES string of the molecule is CCCCCCCCCCCCCC(=O)O[C@H]1CC[C@H](NC(=O)[C@H](OC)[C@@H]2OC(C)(C)O[C@H](/C=C/C(C)(C)C)[C@@H]2O)C(=O)N(C)C1. The normalized spacial score (nSPS) is 26.2. The quantitative estimate of drug-likeness (QED) is 0.108. The van der Waals surface area contributed by atoms with E-state index >= 15 is 0 Å². The van der Waals surface area contributed by atoms with Crippen molar-refractivity contribution in [1.29, 1.82) is 0 Å². The average molecular weight is 653 g/mol. The van der Waals surface area contributed by atoms with E-state index < -0.39 is 48.3 Å². The molecule has 0 unspecified atom stereocenters. The lowest BCUT2D eigenvalue weighted by molar-refractivity contribution is -0.334. The first-order chi connectivity index (χ1) is 21.7. The molecule has 0 aromatic carbocycles. The molecular formula is C36H64N2O8. The summed E-state index contributed by atoms with van der Waals surface area (Å²) in [6, 6.07) is -0.827. The minimum atomic E-state index is -1.19. The van der Waals surface area contributed by atoms with Gasteiger partial charge in [-0.3, -0.25) is 14.4 Å². The second kappa shape index (κ2) is 19.7. The number of likely N-dealkylation sites (N-methyl/N-ethyl adjacent to an activating group) is 1. The lowest BCUT2D eigenvalue weighted by Crippen LogP contribution is -2.62. The van der Waals surface area contributed by atoms with Crippen molar-refractivity contribution >= 4 is 17.8 Å². The Balaban J connectivity index is 1.85. The maximum atomic E-state index is 13.5. The smallest absolute Gasteiger partial charge is 0.306 e. The van der Waals surface area contributed by atoms with Crippen molar-refractivity contribution in [1.82, 2.24) is 10.2 Å². The highest BCUT2D eigenvalue weighted by atomic mass is 16.7. The van der Waals surface area contributed by atoms with Crippen molar-refractivity contribution in [2.45, 2.75) is 174 Å². The summed E-state index contributed by atoms with van der Waals surface area (Å²) < 4.78 is 23.2. The van der Waals surface area contributed by atoms with Crippen LogP contribution in [-0.4, -0.2) is 90.8 Å². The first-order valence-electron chi connectivity index (χ1n) is 17.7. The van der Waals surface area contributed by atoms with Crippen LogP contribution >= 0.6 is 0 Å². The molecule has 0 aromatic rings. The van der Waals surface area contributed by atoms with Crippen molar-refractivity contribution < 1.29 is 38.4 Å². The van der Waals surface area contributed by atoms with Crippen LogP contribution in [0.3, 0.4) is 0 Å². The molecule has 2 saturated heterocycles. The van der Waals surface area contributed by atoms with Gasteiger partial charge in [0, 0.05) is 20.6 Å². The predicted octanol–water partition coefficient (Wildman–Crippen LogP) is 5.83. The van der Waals surface area contributed by atoms with Gasteiger partial charge in [0.05, 0.1) is 6.54 Å². The number of nitrogens with zero attached hydrogens (tertiary/aromatic N) is 1. The van der Waals surface area contributed by atoms with Gasteiger partial charge < -0.3 is 34.3 Å². The molecular weight excluding hydrogens is 588 g/mol. The fourth-order valence-corrected chi connectivity index (χ4v) is 6.07. The highest BCUT2D eigenvalue weighted by Gasteiger charge is 2.48. The highest BCUT2D eigenvalue weighted by molar-refractivity contribution is 5.89. The molecule has 2 rings (SSSR count). The van der Waals surface area contributed by atoms with Crippen LogP contribution < -0.4 is 5.32 Å². The van der Waals surface area contributed by atoms with Gasteiger partial charge in [-0.25, -0.2) is 0 Å². The predicted molar refractivity (Wildman–Crippen MR) is 179 cm³/mol. The number of aliphatic hydroxyl groups is 1. The van der Waals surface area contributed by atoms with Crippen molar-refractivity contribution in [3.63, 3.8) is 0 Å². The molecule has 0 bridgehead atoms. The third-order valence-corrected chi connectivity index (χ3v) is 8.64. The number of aliphatic hydroxyl groups excluding tert-OH is 1. The molecule has 0 saturated carbocycles. The third-order valence-electron chi connectivity index (χ3n) is 8.64. The van der Waals surface area contributed by atoms with Crippen molar-refractivity contribution in [3.8, 4) is 0 Å². The molecule has 2 heterocycles. The zero-order valence-electron chi connectivity index (χ0n) is 30.0. The summed E-state index contributed by atoms with van der Waals surface area (Å²) in [5, 5.41) is 14.0. The number of likely N-dealkylation sites (tertiary alicyclic amines) is 1. The third kappa shape index (κ3) is 14.4. The summed E-state index contributed by atoms with van der Waals surface area (Å²) >= 11 is 0. The Morgan fingerprint density at radius 3 is 2.17 bits per heavy atom. The summed E-state index contributed by atoms with van der Waals surface area (Å²) in [6.07, 6.45) is 13.6. The van der Waals surface area contributed by atoms with Crippen molar-refractivity contribution in [3.05, 3.63) is 12.2 Å². The summed E-state index contributed by atoms with van der Waals surface area (Å²) in [4.78, 5) is 40.8. The first kappa shape index (κ1) is 40.2. The van der Waals surface area contributed by atoms with E-state index in [1.54, 1.807) is 27.0 Å². The molecule has 0 spiro atoms. The number of nitrogens with one attached hydrogen (secondary N) is 1. The van der Waals surface area contributed by atoms with E-state index in [4.69, 9.17) is 18.9 Å². The van der Waals surface area contributed by atoms with Gasteiger partial charge in [-0.1, -0.05) is 104 Å². The maximum absolute atomic E-state index is 13.5. The van der Waals surface area contributed by atoms with E-state index in [1.165, 1.54) is 63.4 Å². The van der Waals surface area contributed by atoms with Crippen LogP contribution in [0.4, 0.5) is 0 Å². The van der Waals surface area contributed by atoms with E-state index in [1.807, 2.05) is 26.8 Å². The van der Waals surface area contributed by atoms with Crippen LogP contribution in [0, 0.1) is 5.41 Å². The molecule has 2 aliphatic rings. The minimum Gasteiger partial charge on any atom is -0.460 e. The van der Waals surface area contributed by atoms with E-state index in [0.29, 0.717) is 19.3 Å². The number of allylic oxidation sites excluding steroid dienone is 1. The van der Waals surface area contributed by atoms with Gasteiger partial charge in [-0.15, -0.1) is 0 Å². The van der Waals surface area contributed by atoms with Crippen molar-refractivity contribution in [2.75, 3.05) is 20.7 Å². The average Bonchev–Trinajstić information content (AvgIpc) is 3.10. The number of ether oxygens (including phenoxy) is 4. The van der Waals surface area contributed by atoms with Gasteiger partial charge in [0.1, 0.15) is 30.5 Å². The summed E-state index contributed by atoms with van der Waals surface area (Å²) in [5.74, 6) is -2.17. The standard InChI is InChI=1S/C36H64N2O8/c1-9-10-11-12-13-14-15-16-17-18-19-20-29(39)44-26-21-22-27(34(42)38(7)25-26)37-33(41)32(43-8)31-30(40)28(23-24-35(2,3)4)45-36(5,6)46-31/h23-24,26-28,30-32,40H,9-22,25H2,1-8H3,(H,37,41)/b24-23+/t26-,27-,28+,30-,31+,32+/m0/s1. The molecule has 266 valence electrons. The molecule has 2 aliphatic heterocycles. The Hall–Kier alpha value is -2.01. The fraction of sp³-hybridized carbons (Fsp3) is 0.861. The number of esters is 1. The van der Waals surface area contributed by atoms with Crippen LogP contribution in [0.2, 0.25) is 0 Å². The van der Waals surface area contributed by atoms with Crippen LogP contribution in [0.15, 0.2) is 12.2 Å². The molecule has 0 radical (unpaired) electrons. The van der Waals surface area contributed by atoms with Gasteiger partial charge >= 0.3 is 5.97 Å². The van der Waals surface area contributed by atoms with Crippen LogP contribution in [0.5, 0.6) is 0 Å².